The molecule has 0 radical (unpaired) electrons. The zero-order valence-corrected chi connectivity index (χ0v) is 21.8. The largest absolute Gasteiger partial charge is 0.352 e. The van der Waals surface area contributed by atoms with E-state index in [4.69, 9.17) is 0 Å². The second-order valence-corrected chi connectivity index (χ2v) is 10.00. The van der Waals surface area contributed by atoms with E-state index in [1.807, 2.05) is 32.0 Å². The van der Waals surface area contributed by atoms with Gasteiger partial charge in [-0.2, -0.15) is 4.31 Å². The second-order valence-electron chi connectivity index (χ2n) is 8.00. The van der Waals surface area contributed by atoms with Crippen LogP contribution in [0.25, 0.3) is 0 Å². The minimum Gasteiger partial charge on any atom is -0.352 e. The molecule has 8 heteroatoms. The van der Waals surface area contributed by atoms with Crippen molar-refractivity contribution in [2.75, 3.05) is 27.2 Å². The number of hydrogen-bond donors (Lipinski definition) is 1. The highest BCUT2D eigenvalue weighted by Gasteiger charge is 2.26. The van der Waals surface area contributed by atoms with Crippen LogP contribution in [-0.4, -0.2) is 56.8 Å². The molecule has 0 amide bonds. The summed E-state index contributed by atoms with van der Waals surface area (Å²) in [6.45, 7) is 6.24. The van der Waals surface area contributed by atoms with Crippen molar-refractivity contribution in [2.45, 2.75) is 43.7 Å². The van der Waals surface area contributed by atoms with E-state index in [9.17, 15) is 8.42 Å². The van der Waals surface area contributed by atoms with Crippen LogP contribution in [0.5, 0.6) is 0 Å². The zero-order valence-electron chi connectivity index (χ0n) is 18.7. The summed E-state index contributed by atoms with van der Waals surface area (Å²) in [6.07, 6.45) is 1.11. The fourth-order valence-corrected chi connectivity index (χ4v) is 5.05. The minimum atomic E-state index is -3.46. The Morgan fingerprint density at radius 3 is 2.39 bits per heavy atom. The van der Waals surface area contributed by atoms with Gasteiger partial charge in [0.25, 0.3) is 0 Å². The Bertz CT molecular complexity index is 963. The fourth-order valence-electron chi connectivity index (χ4n) is 3.69. The van der Waals surface area contributed by atoms with E-state index >= 15 is 0 Å². The summed E-state index contributed by atoms with van der Waals surface area (Å²) in [5, 5.41) is 3.41. The van der Waals surface area contributed by atoms with Crippen molar-refractivity contribution in [1.82, 2.24) is 14.5 Å². The lowest BCUT2D eigenvalue weighted by Gasteiger charge is -2.22. The maximum absolute atomic E-state index is 12.6. The molecule has 1 fully saturated rings. The predicted octanol–water partition coefficient (Wildman–Crippen LogP) is 3.90. The van der Waals surface area contributed by atoms with Gasteiger partial charge in [0, 0.05) is 45.7 Å². The van der Waals surface area contributed by atoms with Crippen molar-refractivity contribution in [3.05, 3.63) is 65.7 Å². The Labute approximate surface area is 203 Å². The van der Waals surface area contributed by atoms with Crippen molar-refractivity contribution in [3.63, 3.8) is 0 Å². The first kappa shape index (κ1) is 25.6. The lowest BCUT2D eigenvalue weighted by Crippen LogP contribution is -2.39. The van der Waals surface area contributed by atoms with Crippen LogP contribution in [0.4, 0.5) is 0 Å². The number of nitrogens with one attached hydrogen (secondary N) is 1. The summed E-state index contributed by atoms with van der Waals surface area (Å²) in [6, 6.07) is 17.6. The van der Waals surface area contributed by atoms with Gasteiger partial charge in [-0.05, 0) is 43.5 Å². The van der Waals surface area contributed by atoms with Crippen LogP contribution in [0.3, 0.4) is 0 Å². The van der Waals surface area contributed by atoms with E-state index < -0.39 is 10.0 Å². The smallest absolute Gasteiger partial charge is 0.243 e. The first-order chi connectivity index (χ1) is 14.3. The topological polar surface area (TPSA) is 65.0 Å². The van der Waals surface area contributed by atoms with Gasteiger partial charge in [-0.3, -0.25) is 4.99 Å². The average Bonchev–Trinajstić information content (AvgIpc) is 3.24. The molecule has 0 spiro atoms. The molecule has 1 atom stereocenters. The third-order valence-corrected chi connectivity index (χ3v) is 7.80. The molecule has 1 saturated heterocycles. The Morgan fingerprint density at radius 2 is 1.81 bits per heavy atom. The zero-order chi connectivity index (χ0) is 21.7. The van der Waals surface area contributed by atoms with E-state index in [1.54, 1.807) is 26.2 Å². The van der Waals surface area contributed by atoms with Gasteiger partial charge in [0.05, 0.1) is 4.90 Å². The standard InChI is InChI=1S/C23H32N4O2S.HI/c1-18(2)26(4)30(28,29)22-12-10-19(11-13-22)16-25-23(24-3)27-15-14-21(17-27)20-8-6-5-7-9-20;/h5-13,18,21H,14-17H2,1-4H3,(H,24,25);1H. The predicted molar refractivity (Wildman–Crippen MR) is 138 cm³/mol. The number of halogens is 1. The van der Waals surface area contributed by atoms with Crippen molar-refractivity contribution in [3.8, 4) is 0 Å². The lowest BCUT2D eigenvalue weighted by molar-refractivity contribution is 0.410. The summed E-state index contributed by atoms with van der Waals surface area (Å²) in [7, 11) is -0.0450. The van der Waals surface area contributed by atoms with E-state index in [1.165, 1.54) is 9.87 Å². The van der Waals surface area contributed by atoms with Crippen LogP contribution >= 0.6 is 24.0 Å². The van der Waals surface area contributed by atoms with Crippen molar-refractivity contribution in [2.24, 2.45) is 4.99 Å². The highest BCUT2D eigenvalue weighted by Crippen LogP contribution is 2.27. The molecule has 170 valence electrons. The maximum atomic E-state index is 12.6. The van der Waals surface area contributed by atoms with Gasteiger partial charge in [-0.15, -0.1) is 24.0 Å². The highest BCUT2D eigenvalue weighted by molar-refractivity contribution is 14.0. The third kappa shape index (κ3) is 6.20. The molecular formula is C23H33IN4O2S. The van der Waals surface area contributed by atoms with Crippen LogP contribution in [0.2, 0.25) is 0 Å². The number of nitrogens with zero attached hydrogens (tertiary/aromatic N) is 3. The van der Waals surface area contributed by atoms with Crippen LogP contribution < -0.4 is 5.32 Å². The van der Waals surface area contributed by atoms with Crippen LogP contribution in [0.15, 0.2) is 64.5 Å². The lowest BCUT2D eigenvalue weighted by atomic mass is 9.99. The summed E-state index contributed by atoms with van der Waals surface area (Å²) in [4.78, 5) is 7.04. The second kappa shape index (κ2) is 11.3. The Hall–Kier alpha value is -1.65. The molecule has 0 aliphatic carbocycles. The minimum absolute atomic E-state index is 0. The van der Waals surface area contributed by atoms with Crippen LogP contribution in [0.1, 0.15) is 37.3 Å². The number of guanidine groups is 1. The number of benzene rings is 2. The molecule has 1 aliphatic heterocycles. The molecule has 0 saturated carbocycles. The van der Waals surface area contributed by atoms with Gasteiger partial charge in [0.15, 0.2) is 5.96 Å². The quantitative estimate of drug-likeness (QED) is 0.333. The monoisotopic (exact) mass is 556 g/mol. The van der Waals surface area contributed by atoms with Crippen LogP contribution in [0, 0.1) is 0 Å². The molecule has 1 aliphatic rings. The van der Waals surface area contributed by atoms with E-state index in [0.717, 1.165) is 31.0 Å². The Balaban J connectivity index is 0.00000341. The van der Waals surface area contributed by atoms with Crippen molar-refractivity contribution in [1.29, 1.82) is 0 Å². The normalized spacial score (nSPS) is 17.2. The Kier molecular flexibility index (Phi) is 9.32. The molecule has 1 unspecified atom stereocenters. The molecule has 0 bridgehead atoms. The molecule has 1 N–H and O–H groups in total. The van der Waals surface area contributed by atoms with E-state index in [2.05, 4.69) is 39.5 Å². The molecule has 2 aromatic rings. The van der Waals surface area contributed by atoms with E-state index in [-0.39, 0.29) is 30.0 Å². The molecule has 31 heavy (non-hydrogen) atoms. The molecule has 1 heterocycles. The van der Waals surface area contributed by atoms with Gasteiger partial charge < -0.3 is 10.2 Å². The average molecular weight is 557 g/mol. The SMILES string of the molecule is CN=C(NCc1ccc(S(=O)(=O)N(C)C(C)C)cc1)N1CCC(c2ccccc2)C1.I. The van der Waals surface area contributed by atoms with Crippen molar-refractivity contribution < 1.29 is 8.42 Å². The number of aliphatic imine (C=N–C) groups is 1. The molecule has 6 nitrogen and oxygen atoms in total. The Morgan fingerprint density at radius 1 is 1.16 bits per heavy atom. The summed E-state index contributed by atoms with van der Waals surface area (Å²) in [5.41, 5.74) is 2.39. The first-order valence-electron chi connectivity index (χ1n) is 10.4. The first-order valence-corrected chi connectivity index (χ1v) is 11.8. The third-order valence-electron chi connectivity index (χ3n) is 5.75. The summed E-state index contributed by atoms with van der Waals surface area (Å²) < 4.78 is 26.6. The van der Waals surface area contributed by atoms with Gasteiger partial charge >= 0.3 is 0 Å². The molecule has 3 rings (SSSR count). The molecular weight excluding hydrogens is 523 g/mol. The van der Waals surface area contributed by atoms with Gasteiger partial charge in [0.2, 0.25) is 10.0 Å². The number of hydrogen-bond acceptors (Lipinski definition) is 3. The number of rotatable bonds is 6. The summed E-state index contributed by atoms with van der Waals surface area (Å²) >= 11 is 0. The fraction of sp³-hybridized carbons (Fsp3) is 0.435. The molecule has 2 aromatic carbocycles. The maximum Gasteiger partial charge on any atom is 0.243 e. The van der Waals surface area contributed by atoms with Gasteiger partial charge in [0.1, 0.15) is 0 Å². The van der Waals surface area contributed by atoms with Crippen molar-refractivity contribution >= 4 is 40.0 Å². The molecule has 0 aromatic heterocycles. The van der Waals surface area contributed by atoms with Crippen LogP contribution in [-0.2, 0) is 16.6 Å². The summed E-state index contributed by atoms with van der Waals surface area (Å²) in [5.74, 6) is 1.40. The van der Waals surface area contributed by atoms with Gasteiger partial charge in [-0.25, -0.2) is 8.42 Å². The highest BCUT2D eigenvalue weighted by atomic mass is 127. The van der Waals surface area contributed by atoms with Gasteiger partial charge in [-0.1, -0.05) is 42.5 Å². The number of likely N-dealkylation sites (tertiary alicyclic amines) is 1. The number of sulfonamides is 1. The van der Waals surface area contributed by atoms with E-state index in [0.29, 0.717) is 17.4 Å².